The molecular formula is C10H12ClNO4. The van der Waals surface area contributed by atoms with E-state index in [1.165, 1.54) is 7.11 Å². The van der Waals surface area contributed by atoms with Crippen molar-refractivity contribution in [2.75, 3.05) is 20.3 Å². The lowest BCUT2D eigenvalue weighted by molar-refractivity contribution is 0.113. The summed E-state index contributed by atoms with van der Waals surface area (Å²) in [6.45, 7) is 1.13. The smallest absolute Gasteiger partial charge is 0.170 e. The van der Waals surface area contributed by atoms with Gasteiger partial charge in [0.1, 0.15) is 25.6 Å². The van der Waals surface area contributed by atoms with Crippen LogP contribution in [0.15, 0.2) is 6.07 Å². The molecule has 2 N–H and O–H groups in total. The van der Waals surface area contributed by atoms with Crippen LogP contribution >= 0.6 is 11.6 Å². The second-order valence-electron chi connectivity index (χ2n) is 3.21. The summed E-state index contributed by atoms with van der Waals surface area (Å²) in [5.74, 6) is 6.74. The molecule has 5 nitrogen and oxygen atoms in total. The van der Waals surface area contributed by atoms with E-state index in [0.717, 1.165) is 0 Å². The van der Waals surface area contributed by atoms with Crippen molar-refractivity contribution >= 4 is 11.6 Å². The Morgan fingerprint density at radius 2 is 2.19 bits per heavy atom. The number of ether oxygens (including phenoxy) is 3. The molecule has 88 valence electrons. The number of rotatable bonds is 3. The first kappa shape index (κ1) is 11.3. The van der Waals surface area contributed by atoms with E-state index in [1.54, 1.807) is 6.07 Å². The number of halogens is 1. The Morgan fingerprint density at radius 3 is 2.88 bits per heavy atom. The van der Waals surface area contributed by atoms with Crippen molar-refractivity contribution in [1.29, 1.82) is 0 Å². The normalized spacial score (nSPS) is 13.7. The lowest BCUT2D eigenvalue weighted by Crippen LogP contribution is -2.17. The molecule has 0 unspecified atom stereocenters. The first-order valence-electron chi connectivity index (χ1n) is 4.74. The molecule has 1 aliphatic rings. The van der Waals surface area contributed by atoms with Crippen molar-refractivity contribution in [2.45, 2.75) is 6.61 Å². The molecule has 0 bridgehead atoms. The third-order valence-corrected chi connectivity index (χ3v) is 2.55. The van der Waals surface area contributed by atoms with Gasteiger partial charge in [-0.25, -0.2) is 5.90 Å². The number of fused-ring (bicyclic) bond motifs is 1. The Morgan fingerprint density at radius 1 is 1.44 bits per heavy atom. The van der Waals surface area contributed by atoms with Gasteiger partial charge in [-0.15, -0.1) is 0 Å². The largest absolute Gasteiger partial charge is 0.495 e. The van der Waals surface area contributed by atoms with Crippen LogP contribution in [0.5, 0.6) is 17.2 Å². The van der Waals surface area contributed by atoms with Crippen LogP contribution in [0.2, 0.25) is 5.02 Å². The van der Waals surface area contributed by atoms with Crippen LogP contribution in [0.25, 0.3) is 0 Å². The Bertz CT molecular complexity index is 397. The topological polar surface area (TPSA) is 62.9 Å². The SMILES string of the molecule is COc1c(Cl)cc2c(c1CON)OCCO2. The zero-order valence-corrected chi connectivity index (χ0v) is 9.54. The summed E-state index contributed by atoms with van der Waals surface area (Å²) in [6, 6.07) is 1.66. The Kier molecular flexibility index (Phi) is 3.38. The van der Waals surface area contributed by atoms with Crippen LogP contribution in [0, 0.1) is 0 Å². The van der Waals surface area contributed by atoms with Gasteiger partial charge in [-0.2, -0.15) is 0 Å². The Labute approximate surface area is 97.9 Å². The molecular weight excluding hydrogens is 234 g/mol. The molecule has 1 aromatic carbocycles. The van der Waals surface area contributed by atoms with Crippen molar-refractivity contribution < 1.29 is 19.0 Å². The van der Waals surface area contributed by atoms with Gasteiger partial charge in [0, 0.05) is 6.07 Å². The summed E-state index contributed by atoms with van der Waals surface area (Å²) < 4.78 is 16.1. The molecule has 0 fully saturated rings. The highest BCUT2D eigenvalue weighted by molar-refractivity contribution is 6.32. The summed E-state index contributed by atoms with van der Waals surface area (Å²) >= 11 is 6.05. The van der Waals surface area contributed by atoms with E-state index in [0.29, 0.717) is 41.0 Å². The quantitative estimate of drug-likeness (QED) is 0.818. The summed E-state index contributed by atoms with van der Waals surface area (Å²) in [4.78, 5) is 4.62. The number of benzene rings is 1. The van der Waals surface area contributed by atoms with Crippen LogP contribution in [-0.2, 0) is 11.4 Å². The maximum atomic E-state index is 6.05. The fourth-order valence-electron chi connectivity index (χ4n) is 1.64. The molecule has 1 aliphatic heterocycles. The Balaban J connectivity index is 2.54. The van der Waals surface area contributed by atoms with E-state index in [-0.39, 0.29) is 6.61 Å². The average molecular weight is 246 g/mol. The van der Waals surface area contributed by atoms with E-state index >= 15 is 0 Å². The van der Waals surface area contributed by atoms with Crippen LogP contribution in [0.3, 0.4) is 0 Å². The lowest BCUT2D eigenvalue weighted by Gasteiger charge is -2.23. The zero-order chi connectivity index (χ0) is 11.5. The summed E-state index contributed by atoms with van der Waals surface area (Å²) in [5.41, 5.74) is 0.659. The zero-order valence-electron chi connectivity index (χ0n) is 8.79. The highest BCUT2D eigenvalue weighted by Crippen LogP contribution is 2.44. The number of hydrogen-bond acceptors (Lipinski definition) is 5. The summed E-state index contributed by atoms with van der Waals surface area (Å²) in [7, 11) is 1.53. The van der Waals surface area contributed by atoms with Crippen molar-refractivity contribution in [3.8, 4) is 17.2 Å². The van der Waals surface area contributed by atoms with Gasteiger partial charge < -0.3 is 14.2 Å². The molecule has 16 heavy (non-hydrogen) atoms. The van der Waals surface area contributed by atoms with Gasteiger partial charge in [-0.05, 0) is 0 Å². The van der Waals surface area contributed by atoms with Crippen molar-refractivity contribution in [3.05, 3.63) is 16.7 Å². The minimum atomic E-state index is 0.148. The lowest BCUT2D eigenvalue weighted by atomic mass is 10.1. The molecule has 0 aromatic heterocycles. The average Bonchev–Trinajstić information content (AvgIpc) is 2.29. The molecule has 0 amide bonds. The molecule has 0 spiro atoms. The number of hydrogen-bond donors (Lipinski definition) is 1. The van der Waals surface area contributed by atoms with Crippen molar-refractivity contribution in [1.82, 2.24) is 0 Å². The monoisotopic (exact) mass is 245 g/mol. The highest BCUT2D eigenvalue weighted by Gasteiger charge is 2.23. The number of nitrogens with two attached hydrogens (primary N) is 1. The van der Waals surface area contributed by atoms with Gasteiger partial charge >= 0.3 is 0 Å². The van der Waals surface area contributed by atoms with E-state index in [2.05, 4.69) is 4.84 Å². The predicted octanol–water partition coefficient (Wildman–Crippen LogP) is 1.51. The van der Waals surface area contributed by atoms with Crippen molar-refractivity contribution in [3.63, 3.8) is 0 Å². The fraction of sp³-hybridized carbons (Fsp3) is 0.400. The predicted molar refractivity (Wildman–Crippen MR) is 58.0 cm³/mol. The first-order valence-corrected chi connectivity index (χ1v) is 5.12. The van der Waals surface area contributed by atoms with E-state index < -0.39 is 0 Å². The van der Waals surface area contributed by atoms with Gasteiger partial charge in [-0.3, -0.25) is 4.84 Å². The van der Waals surface area contributed by atoms with Gasteiger partial charge in [-0.1, -0.05) is 11.6 Å². The summed E-state index contributed by atoms with van der Waals surface area (Å²) in [6.07, 6.45) is 0. The van der Waals surface area contributed by atoms with Gasteiger partial charge in [0.25, 0.3) is 0 Å². The molecule has 6 heteroatoms. The summed E-state index contributed by atoms with van der Waals surface area (Å²) in [5, 5.41) is 0.443. The molecule has 1 heterocycles. The molecule has 0 saturated heterocycles. The minimum Gasteiger partial charge on any atom is -0.495 e. The van der Waals surface area contributed by atoms with E-state index in [4.69, 9.17) is 31.7 Å². The molecule has 0 aliphatic carbocycles. The second-order valence-corrected chi connectivity index (χ2v) is 3.61. The molecule has 2 rings (SSSR count). The number of methoxy groups -OCH3 is 1. The Hall–Kier alpha value is -1.17. The van der Waals surface area contributed by atoms with Gasteiger partial charge in [0.2, 0.25) is 0 Å². The first-order chi connectivity index (χ1) is 7.77. The van der Waals surface area contributed by atoms with E-state index in [9.17, 15) is 0 Å². The van der Waals surface area contributed by atoms with Crippen LogP contribution in [0.4, 0.5) is 0 Å². The molecule has 0 atom stereocenters. The van der Waals surface area contributed by atoms with Crippen LogP contribution in [-0.4, -0.2) is 20.3 Å². The molecule has 0 radical (unpaired) electrons. The second kappa shape index (κ2) is 4.78. The molecule has 0 saturated carbocycles. The minimum absolute atomic E-state index is 0.148. The standard InChI is InChI=1S/C10H12ClNO4/c1-13-9-6(5-16-12)10-8(4-7(9)11)14-2-3-15-10/h4H,2-3,5,12H2,1H3. The van der Waals surface area contributed by atoms with Crippen LogP contribution < -0.4 is 20.1 Å². The molecule has 1 aromatic rings. The maximum Gasteiger partial charge on any atom is 0.170 e. The maximum absolute atomic E-state index is 6.05. The van der Waals surface area contributed by atoms with Crippen LogP contribution in [0.1, 0.15) is 5.56 Å². The van der Waals surface area contributed by atoms with E-state index in [1.807, 2.05) is 0 Å². The fourth-order valence-corrected chi connectivity index (χ4v) is 1.93. The van der Waals surface area contributed by atoms with Gasteiger partial charge in [0.05, 0.1) is 17.7 Å². The van der Waals surface area contributed by atoms with Gasteiger partial charge in [0.15, 0.2) is 11.5 Å². The third-order valence-electron chi connectivity index (χ3n) is 2.27. The third kappa shape index (κ3) is 1.89. The van der Waals surface area contributed by atoms with Crippen molar-refractivity contribution in [2.24, 2.45) is 5.90 Å². The highest BCUT2D eigenvalue weighted by atomic mass is 35.5.